The van der Waals surface area contributed by atoms with E-state index in [1.165, 1.54) is 0 Å². The SMILES string of the molecule is C=C(Br)CSCCNC. The molecular weight excluding hydrogens is 198 g/mol. The molecule has 9 heavy (non-hydrogen) atoms. The maximum absolute atomic E-state index is 3.73. The van der Waals surface area contributed by atoms with Crippen molar-refractivity contribution >= 4 is 27.7 Å². The topological polar surface area (TPSA) is 12.0 Å². The van der Waals surface area contributed by atoms with Crippen LogP contribution in [0.15, 0.2) is 11.1 Å². The molecular formula is C6H12BrNS. The van der Waals surface area contributed by atoms with Crippen molar-refractivity contribution in [3.63, 3.8) is 0 Å². The van der Waals surface area contributed by atoms with Gasteiger partial charge in [-0.15, -0.1) is 0 Å². The van der Waals surface area contributed by atoms with Crippen LogP contribution in [0, 0.1) is 0 Å². The third kappa shape index (κ3) is 8.53. The standard InChI is InChI=1S/C6H12BrNS/c1-6(7)5-9-4-3-8-2/h8H,1,3-5H2,2H3. The molecule has 0 aromatic heterocycles. The zero-order chi connectivity index (χ0) is 7.11. The highest BCUT2D eigenvalue weighted by Crippen LogP contribution is 2.09. The Labute approximate surface area is 69.4 Å². The molecule has 0 saturated heterocycles. The molecule has 0 aliphatic carbocycles. The predicted octanol–water partition coefficient (Wildman–Crippen LogP) is 1.85. The lowest BCUT2D eigenvalue weighted by atomic mass is 10.7. The number of rotatable bonds is 5. The number of nitrogens with one attached hydrogen (secondary N) is 1. The number of halogens is 1. The zero-order valence-corrected chi connectivity index (χ0v) is 8.02. The van der Waals surface area contributed by atoms with Crippen molar-refractivity contribution < 1.29 is 0 Å². The minimum atomic E-state index is 1.02. The Kier molecular flexibility index (Phi) is 7.04. The minimum absolute atomic E-state index is 1.02. The molecule has 0 saturated carbocycles. The van der Waals surface area contributed by atoms with E-state index in [-0.39, 0.29) is 0 Å². The van der Waals surface area contributed by atoms with Crippen molar-refractivity contribution in [1.29, 1.82) is 0 Å². The molecule has 0 aromatic rings. The Morgan fingerprint density at radius 1 is 1.78 bits per heavy atom. The fraction of sp³-hybridized carbons (Fsp3) is 0.667. The first-order valence-corrected chi connectivity index (χ1v) is 4.77. The van der Waals surface area contributed by atoms with Crippen molar-refractivity contribution in [2.45, 2.75) is 0 Å². The maximum Gasteiger partial charge on any atom is 0.0245 e. The van der Waals surface area contributed by atoms with Crippen molar-refractivity contribution in [2.24, 2.45) is 0 Å². The second kappa shape index (κ2) is 6.65. The van der Waals surface area contributed by atoms with Gasteiger partial charge in [0.1, 0.15) is 0 Å². The van der Waals surface area contributed by atoms with Gasteiger partial charge in [-0.05, 0) is 11.5 Å². The van der Waals surface area contributed by atoms with Gasteiger partial charge < -0.3 is 5.32 Å². The molecule has 0 aliphatic heterocycles. The molecule has 0 radical (unpaired) electrons. The third-order valence-electron chi connectivity index (χ3n) is 0.755. The second-order valence-corrected chi connectivity index (χ2v) is 3.90. The summed E-state index contributed by atoms with van der Waals surface area (Å²) in [5, 5.41) is 3.08. The predicted molar refractivity (Wildman–Crippen MR) is 49.3 cm³/mol. The van der Waals surface area contributed by atoms with Crippen LogP contribution in [0.3, 0.4) is 0 Å². The second-order valence-electron chi connectivity index (χ2n) is 1.67. The van der Waals surface area contributed by atoms with Crippen molar-refractivity contribution in [2.75, 3.05) is 25.1 Å². The summed E-state index contributed by atoms with van der Waals surface area (Å²) in [6, 6.07) is 0. The summed E-state index contributed by atoms with van der Waals surface area (Å²) in [5.74, 6) is 2.17. The van der Waals surface area contributed by atoms with Crippen LogP contribution < -0.4 is 5.32 Å². The molecule has 0 rings (SSSR count). The summed E-state index contributed by atoms with van der Waals surface area (Å²) in [6.45, 7) is 4.80. The number of hydrogen-bond donors (Lipinski definition) is 1. The van der Waals surface area contributed by atoms with Gasteiger partial charge >= 0.3 is 0 Å². The van der Waals surface area contributed by atoms with E-state index in [1.807, 2.05) is 18.8 Å². The van der Waals surface area contributed by atoms with Crippen LogP contribution in [0.5, 0.6) is 0 Å². The van der Waals surface area contributed by atoms with Crippen LogP contribution in [0.25, 0.3) is 0 Å². The van der Waals surface area contributed by atoms with E-state index in [9.17, 15) is 0 Å². The summed E-state index contributed by atoms with van der Waals surface area (Å²) in [5.41, 5.74) is 0. The molecule has 0 aliphatic rings. The minimum Gasteiger partial charge on any atom is -0.319 e. The van der Waals surface area contributed by atoms with Gasteiger partial charge in [-0.25, -0.2) is 0 Å². The third-order valence-corrected chi connectivity index (χ3v) is 2.45. The maximum atomic E-state index is 3.73. The molecule has 0 amide bonds. The quantitative estimate of drug-likeness (QED) is 0.695. The molecule has 0 bridgehead atoms. The molecule has 0 aromatic carbocycles. The van der Waals surface area contributed by atoms with Gasteiger partial charge in [0.05, 0.1) is 0 Å². The summed E-state index contributed by atoms with van der Waals surface area (Å²) in [7, 11) is 1.96. The Hall–Kier alpha value is 0.530. The number of hydrogen-bond acceptors (Lipinski definition) is 2. The van der Waals surface area contributed by atoms with E-state index in [4.69, 9.17) is 0 Å². The molecule has 0 heterocycles. The Balaban J connectivity index is 2.83. The smallest absolute Gasteiger partial charge is 0.0245 e. The van der Waals surface area contributed by atoms with Gasteiger partial charge in [0, 0.05) is 18.1 Å². The molecule has 0 atom stereocenters. The van der Waals surface area contributed by atoms with Crippen molar-refractivity contribution in [3.8, 4) is 0 Å². The van der Waals surface area contributed by atoms with Crippen LogP contribution in [0.4, 0.5) is 0 Å². The summed E-state index contributed by atoms with van der Waals surface area (Å²) >= 11 is 5.17. The Bertz CT molecular complexity index is 85.1. The van der Waals surface area contributed by atoms with E-state index in [0.717, 1.165) is 22.5 Å². The van der Waals surface area contributed by atoms with Crippen LogP contribution in [-0.2, 0) is 0 Å². The van der Waals surface area contributed by atoms with Crippen LogP contribution in [0.1, 0.15) is 0 Å². The molecule has 0 spiro atoms. The average Bonchev–Trinajstić information content (AvgIpc) is 1.80. The van der Waals surface area contributed by atoms with Crippen LogP contribution >= 0.6 is 27.7 Å². The highest BCUT2D eigenvalue weighted by molar-refractivity contribution is 9.11. The first-order chi connectivity index (χ1) is 4.27. The lowest BCUT2D eigenvalue weighted by Gasteiger charge is -1.97. The van der Waals surface area contributed by atoms with E-state index >= 15 is 0 Å². The van der Waals surface area contributed by atoms with Gasteiger partial charge in [0.25, 0.3) is 0 Å². The molecule has 3 heteroatoms. The Morgan fingerprint density at radius 2 is 2.44 bits per heavy atom. The average molecular weight is 210 g/mol. The number of thioether (sulfide) groups is 1. The summed E-state index contributed by atoms with van der Waals surface area (Å²) in [6.07, 6.45) is 0. The highest BCUT2D eigenvalue weighted by Gasteiger charge is 1.87. The van der Waals surface area contributed by atoms with Crippen molar-refractivity contribution in [1.82, 2.24) is 5.32 Å². The van der Waals surface area contributed by atoms with E-state index < -0.39 is 0 Å². The van der Waals surface area contributed by atoms with E-state index in [0.29, 0.717) is 0 Å². The van der Waals surface area contributed by atoms with Gasteiger partial charge in [-0.2, -0.15) is 11.8 Å². The fourth-order valence-corrected chi connectivity index (χ4v) is 1.56. The first-order valence-electron chi connectivity index (χ1n) is 2.83. The molecule has 0 unspecified atom stereocenters. The van der Waals surface area contributed by atoms with Crippen molar-refractivity contribution in [3.05, 3.63) is 11.1 Å². The normalized spacial score (nSPS) is 9.56. The largest absolute Gasteiger partial charge is 0.319 e. The van der Waals surface area contributed by atoms with Gasteiger partial charge in [0.15, 0.2) is 0 Å². The molecule has 0 fully saturated rings. The zero-order valence-electron chi connectivity index (χ0n) is 5.61. The van der Waals surface area contributed by atoms with Gasteiger partial charge in [-0.1, -0.05) is 22.5 Å². The van der Waals surface area contributed by atoms with Crippen LogP contribution in [-0.4, -0.2) is 25.1 Å². The van der Waals surface area contributed by atoms with Gasteiger partial charge in [-0.3, -0.25) is 0 Å². The monoisotopic (exact) mass is 209 g/mol. The molecule has 1 N–H and O–H groups in total. The first kappa shape index (κ1) is 9.53. The highest BCUT2D eigenvalue weighted by atomic mass is 79.9. The molecule has 1 nitrogen and oxygen atoms in total. The van der Waals surface area contributed by atoms with E-state index in [2.05, 4.69) is 27.8 Å². The Morgan fingerprint density at radius 3 is 2.89 bits per heavy atom. The fourth-order valence-electron chi connectivity index (χ4n) is 0.357. The van der Waals surface area contributed by atoms with Crippen LogP contribution in [0.2, 0.25) is 0 Å². The lowest BCUT2D eigenvalue weighted by molar-refractivity contribution is 0.872. The molecule has 54 valence electrons. The summed E-state index contributed by atoms with van der Waals surface area (Å²) < 4.78 is 1.07. The van der Waals surface area contributed by atoms with Gasteiger partial charge in [0.2, 0.25) is 0 Å². The summed E-state index contributed by atoms with van der Waals surface area (Å²) in [4.78, 5) is 0. The lowest BCUT2D eigenvalue weighted by Crippen LogP contribution is -2.09. The van der Waals surface area contributed by atoms with E-state index in [1.54, 1.807) is 0 Å².